The zero-order valence-electron chi connectivity index (χ0n) is 14.5. The zero-order valence-corrected chi connectivity index (χ0v) is 14.5. The Morgan fingerprint density at radius 1 is 0.500 bits per heavy atom. The minimum atomic E-state index is -0.112. The van der Waals surface area contributed by atoms with Gasteiger partial charge in [0.05, 0.1) is 37.6 Å². The Morgan fingerprint density at radius 3 is 1.00 bits per heavy atom. The molecule has 0 spiro atoms. The molecule has 0 heterocycles. The number of hydrogen-bond donors (Lipinski definition) is 0. The molecule has 0 aromatic carbocycles. The van der Waals surface area contributed by atoms with E-state index in [9.17, 15) is 0 Å². The maximum Gasteiger partial charge on any atom is 0.110 e. The van der Waals surface area contributed by atoms with E-state index < -0.39 is 0 Å². The Labute approximate surface area is 125 Å². The molecule has 4 heteroatoms. The minimum Gasteiger partial charge on any atom is -0.376 e. The average molecular weight is 290 g/mol. The highest BCUT2D eigenvalue weighted by Gasteiger charge is 2.26. The van der Waals surface area contributed by atoms with Crippen molar-refractivity contribution in [3.05, 3.63) is 0 Å². The average Bonchev–Trinajstić information content (AvgIpc) is 2.28. The molecule has 122 valence electrons. The first-order valence-electron chi connectivity index (χ1n) is 7.76. The lowest BCUT2D eigenvalue weighted by atomic mass is 10.2. The number of rotatable bonds is 11. The van der Waals surface area contributed by atoms with Crippen LogP contribution in [0.4, 0.5) is 0 Å². The van der Waals surface area contributed by atoms with Crippen LogP contribution in [0.25, 0.3) is 0 Å². The van der Waals surface area contributed by atoms with Crippen LogP contribution >= 0.6 is 0 Å². The summed E-state index contributed by atoms with van der Waals surface area (Å²) >= 11 is 0. The van der Waals surface area contributed by atoms with E-state index in [1.165, 1.54) is 0 Å². The fourth-order valence-electron chi connectivity index (χ4n) is 1.74. The second-order valence-corrected chi connectivity index (χ2v) is 6.21. The first-order chi connectivity index (χ1) is 9.22. The van der Waals surface area contributed by atoms with E-state index in [2.05, 4.69) is 0 Å². The normalized spacial score (nSPS) is 15.6. The zero-order chi connectivity index (χ0) is 15.7. The van der Waals surface area contributed by atoms with E-state index >= 15 is 0 Å². The summed E-state index contributed by atoms with van der Waals surface area (Å²) in [6.07, 6.45) is 0.399. The van der Waals surface area contributed by atoms with E-state index in [4.69, 9.17) is 18.9 Å². The summed E-state index contributed by atoms with van der Waals surface area (Å²) in [7, 11) is 0. The Kier molecular flexibility index (Phi) is 10.5. The molecule has 0 N–H and O–H groups in total. The highest BCUT2D eigenvalue weighted by atomic mass is 16.6. The van der Waals surface area contributed by atoms with Crippen molar-refractivity contribution in [1.82, 2.24) is 0 Å². The highest BCUT2D eigenvalue weighted by Crippen LogP contribution is 2.13. The van der Waals surface area contributed by atoms with Crippen molar-refractivity contribution < 1.29 is 18.9 Å². The van der Waals surface area contributed by atoms with Crippen LogP contribution in [0, 0.1) is 0 Å². The third-order valence-electron chi connectivity index (χ3n) is 2.50. The predicted molar refractivity (Wildman–Crippen MR) is 82.2 cm³/mol. The van der Waals surface area contributed by atoms with E-state index in [0.717, 1.165) is 0 Å². The lowest BCUT2D eigenvalue weighted by molar-refractivity contribution is -0.161. The van der Waals surface area contributed by atoms with Crippen molar-refractivity contribution in [3.8, 4) is 0 Å². The van der Waals surface area contributed by atoms with Gasteiger partial charge < -0.3 is 18.9 Å². The molecule has 0 saturated heterocycles. The van der Waals surface area contributed by atoms with Gasteiger partial charge in [-0.15, -0.1) is 0 Å². The van der Waals surface area contributed by atoms with Crippen LogP contribution in [-0.4, -0.2) is 49.8 Å². The Hall–Kier alpha value is -0.160. The maximum atomic E-state index is 5.97. The quantitative estimate of drug-likeness (QED) is 0.584. The van der Waals surface area contributed by atoms with E-state index in [1.807, 2.05) is 55.4 Å². The van der Waals surface area contributed by atoms with Crippen LogP contribution in [0.3, 0.4) is 0 Å². The Morgan fingerprint density at radius 2 is 0.800 bits per heavy atom. The van der Waals surface area contributed by atoms with Crippen LogP contribution < -0.4 is 0 Å². The SMILES string of the molecule is CC(C)OCC(OC(C)C)C(COC(C)C)OC(C)C. The first-order valence-corrected chi connectivity index (χ1v) is 7.76. The predicted octanol–water partition coefficient (Wildman–Crippen LogP) is 3.42. The van der Waals surface area contributed by atoms with Gasteiger partial charge in [-0.25, -0.2) is 0 Å². The number of hydrogen-bond acceptors (Lipinski definition) is 4. The van der Waals surface area contributed by atoms with Gasteiger partial charge >= 0.3 is 0 Å². The molecular weight excluding hydrogens is 256 g/mol. The molecule has 2 atom stereocenters. The summed E-state index contributed by atoms with van der Waals surface area (Å²) in [6.45, 7) is 17.2. The van der Waals surface area contributed by atoms with Crippen LogP contribution in [-0.2, 0) is 18.9 Å². The third-order valence-corrected chi connectivity index (χ3v) is 2.50. The first kappa shape index (κ1) is 19.8. The van der Waals surface area contributed by atoms with Crippen LogP contribution in [0.2, 0.25) is 0 Å². The third kappa shape index (κ3) is 10.6. The molecule has 4 nitrogen and oxygen atoms in total. The second-order valence-electron chi connectivity index (χ2n) is 6.21. The Balaban J connectivity index is 4.66. The van der Waals surface area contributed by atoms with Gasteiger partial charge in [-0.05, 0) is 55.4 Å². The summed E-state index contributed by atoms with van der Waals surface area (Å²) in [6, 6.07) is 0. The summed E-state index contributed by atoms with van der Waals surface area (Å²) in [5.74, 6) is 0. The van der Waals surface area contributed by atoms with Gasteiger partial charge in [0.2, 0.25) is 0 Å². The van der Waals surface area contributed by atoms with Crippen LogP contribution in [0.15, 0.2) is 0 Å². The molecule has 0 aliphatic rings. The molecule has 0 aliphatic heterocycles. The molecule has 0 aromatic rings. The molecule has 0 saturated carbocycles. The molecule has 2 unspecified atom stereocenters. The van der Waals surface area contributed by atoms with Crippen molar-refractivity contribution in [2.75, 3.05) is 13.2 Å². The fraction of sp³-hybridized carbons (Fsp3) is 1.00. The van der Waals surface area contributed by atoms with Gasteiger partial charge in [0.1, 0.15) is 12.2 Å². The van der Waals surface area contributed by atoms with Crippen molar-refractivity contribution in [2.24, 2.45) is 0 Å². The fourth-order valence-corrected chi connectivity index (χ4v) is 1.74. The van der Waals surface area contributed by atoms with Crippen molar-refractivity contribution in [2.45, 2.75) is 92.0 Å². The van der Waals surface area contributed by atoms with E-state index in [0.29, 0.717) is 13.2 Å². The Bertz CT molecular complexity index is 203. The molecule has 0 radical (unpaired) electrons. The highest BCUT2D eigenvalue weighted by molar-refractivity contribution is 4.73. The van der Waals surface area contributed by atoms with E-state index in [1.54, 1.807) is 0 Å². The van der Waals surface area contributed by atoms with Crippen LogP contribution in [0.5, 0.6) is 0 Å². The summed E-state index contributed by atoms with van der Waals surface area (Å²) in [5, 5.41) is 0. The van der Waals surface area contributed by atoms with Gasteiger partial charge in [0.25, 0.3) is 0 Å². The van der Waals surface area contributed by atoms with Crippen molar-refractivity contribution in [3.63, 3.8) is 0 Å². The smallest absolute Gasteiger partial charge is 0.110 e. The molecule has 0 amide bonds. The summed E-state index contributed by atoms with van der Waals surface area (Å²) in [4.78, 5) is 0. The van der Waals surface area contributed by atoms with Crippen molar-refractivity contribution in [1.29, 1.82) is 0 Å². The molecule has 0 rings (SSSR count). The lowest BCUT2D eigenvalue weighted by Gasteiger charge is -2.31. The monoisotopic (exact) mass is 290 g/mol. The lowest BCUT2D eigenvalue weighted by Crippen LogP contribution is -2.42. The van der Waals surface area contributed by atoms with E-state index in [-0.39, 0.29) is 36.6 Å². The molecule has 20 heavy (non-hydrogen) atoms. The molecule has 0 aromatic heterocycles. The van der Waals surface area contributed by atoms with Gasteiger partial charge in [-0.1, -0.05) is 0 Å². The van der Waals surface area contributed by atoms with Gasteiger partial charge in [-0.3, -0.25) is 0 Å². The summed E-state index contributed by atoms with van der Waals surface area (Å²) in [5.41, 5.74) is 0. The maximum absolute atomic E-state index is 5.97. The standard InChI is InChI=1S/C16H34O4/c1-11(2)17-9-15(19-13(5)6)16(20-14(7)8)10-18-12(3)4/h11-16H,9-10H2,1-8H3. The molecule has 0 aliphatic carbocycles. The van der Waals surface area contributed by atoms with Crippen LogP contribution in [0.1, 0.15) is 55.4 Å². The molecule has 0 fully saturated rings. The van der Waals surface area contributed by atoms with Gasteiger partial charge in [0, 0.05) is 0 Å². The summed E-state index contributed by atoms with van der Waals surface area (Å²) < 4.78 is 23.4. The van der Waals surface area contributed by atoms with Crippen molar-refractivity contribution >= 4 is 0 Å². The molecular formula is C16H34O4. The minimum absolute atomic E-state index is 0.112. The molecule has 0 bridgehead atoms. The van der Waals surface area contributed by atoms with Gasteiger partial charge in [0.15, 0.2) is 0 Å². The second kappa shape index (κ2) is 10.6. The topological polar surface area (TPSA) is 36.9 Å². The number of ether oxygens (including phenoxy) is 4. The van der Waals surface area contributed by atoms with Gasteiger partial charge in [-0.2, -0.15) is 0 Å². The largest absolute Gasteiger partial charge is 0.376 e.